The third-order valence-electron chi connectivity index (χ3n) is 4.09. The third kappa shape index (κ3) is 3.93. The highest BCUT2D eigenvalue weighted by Gasteiger charge is 2.22. The molecule has 2 N–H and O–H groups in total. The fourth-order valence-corrected chi connectivity index (χ4v) is 2.93. The number of nitrogens with two attached hydrogens (primary N) is 1. The Morgan fingerprint density at radius 1 is 1.55 bits per heavy atom. The zero-order chi connectivity index (χ0) is 14.4. The predicted molar refractivity (Wildman–Crippen MR) is 83.0 cm³/mol. The van der Waals surface area contributed by atoms with E-state index < -0.39 is 0 Å². The molecule has 1 saturated heterocycles. The lowest BCUT2D eigenvalue weighted by molar-refractivity contribution is 0.143. The van der Waals surface area contributed by atoms with Crippen molar-refractivity contribution in [3.63, 3.8) is 0 Å². The van der Waals surface area contributed by atoms with Crippen molar-refractivity contribution in [3.8, 4) is 0 Å². The molecule has 1 aromatic rings. The molecule has 2 atom stereocenters. The number of rotatable bonds is 6. The molecule has 112 valence electrons. The molecule has 0 amide bonds. The highest BCUT2D eigenvalue weighted by atomic mass is 16.5. The molecule has 2 unspecified atom stereocenters. The summed E-state index contributed by atoms with van der Waals surface area (Å²) in [6.45, 7) is 5.11. The van der Waals surface area contributed by atoms with Crippen molar-refractivity contribution in [3.05, 3.63) is 23.9 Å². The number of piperidine rings is 1. The normalized spacial score (nSPS) is 20.9. The summed E-state index contributed by atoms with van der Waals surface area (Å²) in [4.78, 5) is 7.02. The molecule has 0 bridgehead atoms. The van der Waals surface area contributed by atoms with E-state index in [-0.39, 0.29) is 6.04 Å². The van der Waals surface area contributed by atoms with Crippen LogP contribution in [0.3, 0.4) is 0 Å². The van der Waals surface area contributed by atoms with Gasteiger partial charge in [0.25, 0.3) is 0 Å². The van der Waals surface area contributed by atoms with Crippen molar-refractivity contribution < 1.29 is 4.74 Å². The van der Waals surface area contributed by atoms with E-state index in [2.05, 4.69) is 22.9 Å². The lowest BCUT2D eigenvalue weighted by Gasteiger charge is -2.34. The van der Waals surface area contributed by atoms with Gasteiger partial charge in [0, 0.05) is 32.4 Å². The largest absolute Gasteiger partial charge is 0.384 e. The minimum absolute atomic E-state index is 0.220. The summed E-state index contributed by atoms with van der Waals surface area (Å²) < 4.78 is 5.31. The molecule has 1 aliphatic rings. The molecule has 4 nitrogen and oxygen atoms in total. The summed E-state index contributed by atoms with van der Waals surface area (Å²) in [5.41, 5.74) is 7.39. The van der Waals surface area contributed by atoms with Crippen LogP contribution >= 0.6 is 0 Å². The van der Waals surface area contributed by atoms with Gasteiger partial charge in [0.1, 0.15) is 5.82 Å². The van der Waals surface area contributed by atoms with Crippen LogP contribution in [0.4, 0.5) is 5.82 Å². The number of hydrogen-bond acceptors (Lipinski definition) is 4. The first-order chi connectivity index (χ1) is 9.74. The summed E-state index contributed by atoms with van der Waals surface area (Å²) in [5.74, 6) is 1.74. The van der Waals surface area contributed by atoms with Crippen LogP contribution in [-0.2, 0) is 11.2 Å². The second kappa shape index (κ2) is 7.60. The molecule has 0 radical (unpaired) electrons. The van der Waals surface area contributed by atoms with Crippen LogP contribution in [-0.4, -0.2) is 37.8 Å². The van der Waals surface area contributed by atoms with Crippen LogP contribution in [0.15, 0.2) is 18.3 Å². The maximum atomic E-state index is 6.11. The van der Waals surface area contributed by atoms with Gasteiger partial charge >= 0.3 is 0 Å². The molecule has 0 aromatic carbocycles. The maximum Gasteiger partial charge on any atom is 0.131 e. The van der Waals surface area contributed by atoms with E-state index in [1.807, 2.05) is 12.3 Å². The average Bonchev–Trinajstić information content (AvgIpc) is 2.48. The summed E-state index contributed by atoms with van der Waals surface area (Å²) in [7, 11) is 1.78. The first-order valence-corrected chi connectivity index (χ1v) is 7.68. The van der Waals surface area contributed by atoms with Crippen LogP contribution in [0.1, 0.15) is 31.7 Å². The fourth-order valence-electron chi connectivity index (χ4n) is 2.93. The number of ether oxygens (including phenoxy) is 1. The molecule has 1 fully saturated rings. The van der Waals surface area contributed by atoms with E-state index in [9.17, 15) is 0 Å². The second-order valence-corrected chi connectivity index (χ2v) is 5.77. The second-order valence-electron chi connectivity index (χ2n) is 5.77. The Kier molecular flexibility index (Phi) is 5.80. The van der Waals surface area contributed by atoms with E-state index in [1.54, 1.807) is 7.11 Å². The van der Waals surface area contributed by atoms with Gasteiger partial charge < -0.3 is 15.4 Å². The first kappa shape index (κ1) is 15.3. The lowest BCUT2D eigenvalue weighted by Crippen LogP contribution is -2.38. The number of aromatic nitrogens is 1. The summed E-state index contributed by atoms with van der Waals surface area (Å²) in [5, 5.41) is 0. The Morgan fingerprint density at radius 3 is 3.15 bits per heavy atom. The van der Waals surface area contributed by atoms with Gasteiger partial charge in [-0.25, -0.2) is 4.98 Å². The number of methoxy groups -OCH3 is 1. The van der Waals surface area contributed by atoms with Crippen molar-refractivity contribution >= 4 is 5.82 Å². The molecule has 0 saturated carbocycles. The lowest BCUT2D eigenvalue weighted by atomic mass is 9.97. The average molecular weight is 277 g/mol. The van der Waals surface area contributed by atoms with Crippen molar-refractivity contribution in [2.24, 2.45) is 11.7 Å². The van der Waals surface area contributed by atoms with Gasteiger partial charge in [-0.2, -0.15) is 0 Å². The van der Waals surface area contributed by atoms with Crippen molar-refractivity contribution in [2.75, 3.05) is 31.7 Å². The predicted octanol–water partition coefficient (Wildman–Crippen LogP) is 2.22. The van der Waals surface area contributed by atoms with Crippen LogP contribution in [0.25, 0.3) is 0 Å². The Bertz CT molecular complexity index is 408. The van der Waals surface area contributed by atoms with E-state index in [0.717, 1.165) is 38.4 Å². The Morgan fingerprint density at radius 2 is 2.40 bits per heavy atom. The summed E-state index contributed by atoms with van der Waals surface area (Å²) >= 11 is 0. The summed E-state index contributed by atoms with van der Waals surface area (Å²) in [6, 6.07) is 4.40. The van der Waals surface area contributed by atoms with Gasteiger partial charge in [-0.05, 0) is 43.2 Å². The van der Waals surface area contributed by atoms with Crippen LogP contribution in [0, 0.1) is 5.92 Å². The van der Waals surface area contributed by atoms with Crippen molar-refractivity contribution in [2.45, 2.75) is 38.6 Å². The standard InChI is InChI=1S/C16H27N3O/c1-3-15(17)10-14-7-4-8-18-16(14)19-9-5-6-13(11-19)12-20-2/h4,7-8,13,15H,3,5-6,9-12,17H2,1-2H3. The molecule has 4 heteroatoms. The van der Waals surface area contributed by atoms with Gasteiger partial charge in [-0.15, -0.1) is 0 Å². The zero-order valence-corrected chi connectivity index (χ0v) is 12.7. The van der Waals surface area contributed by atoms with Gasteiger partial charge in [0.05, 0.1) is 6.61 Å². The van der Waals surface area contributed by atoms with Crippen LogP contribution in [0.5, 0.6) is 0 Å². The highest BCUT2D eigenvalue weighted by molar-refractivity contribution is 5.47. The van der Waals surface area contributed by atoms with Gasteiger partial charge in [-0.1, -0.05) is 13.0 Å². The molecule has 20 heavy (non-hydrogen) atoms. The highest BCUT2D eigenvalue weighted by Crippen LogP contribution is 2.25. The first-order valence-electron chi connectivity index (χ1n) is 7.68. The molecule has 0 aliphatic carbocycles. The minimum Gasteiger partial charge on any atom is -0.384 e. The number of nitrogens with zero attached hydrogens (tertiary/aromatic N) is 2. The third-order valence-corrected chi connectivity index (χ3v) is 4.09. The molecule has 2 rings (SSSR count). The molecule has 0 spiro atoms. The van der Waals surface area contributed by atoms with Crippen LogP contribution < -0.4 is 10.6 Å². The van der Waals surface area contributed by atoms with E-state index in [1.165, 1.54) is 18.4 Å². The molecule has 2 heterocycles. The van der Waals surface area contributed by atoms with E-state index in [4.69, 9.17) is 10.5 Å². The molecular weight excluding hydrogens is 250 g/mol. The van der Waals surface area contributed by atoms with Gasteiger partial charge in [-0.3, -0.25) is 0 Å². The van der Waals surface area contributed by atoms with E-state index in [0.29, 0.717) is 5.92 Å². The Balaban J connectivity index is 2.10. The quantitative estimate of drug-likeness (QED) is 0.866. The van der Waals surface area contributed by atoms with Crippen molar-refractivity contribution in [1.29, 1.82) is 0 Å². The monoisotopic (exact) mass is 277 g/mol. The topological polar surface area (TPSA) is 51.4 Å². The fraction of sp³-hybridized carbons (Fsp3) is 0.688. The molecule has 1 aromatic heterocycles. The Labute approximate surface area is 122 Å². The number of hydrogen-bond donors (Lipinski definition) is 1. The Hall–Kier alpha value is -1.13. The van der Waals surface area contributed by atoms with Crippen molar-refractivity contribution in [1.82, 2.24) is 4.98 Å². The molecule has 1 aliphatic heterocycles. The smallest absolute Gasteiger partial charge is 0.131 e. The van der Waals surface area contributed by atoms with Crippen LogP contribution in [0.2, 0.25) is 0 Å². The maximum absolute atomic E-state index is 6.11. The SMILES string of the molecule is CCC(N)Cc1cccnc1N1CCCC(COC)C1. The number of anilines is 1. The van der Waals surface area contributed by atoms with Gasteiger partial charge in [0.15, 0.2) is 0 Å². The van der Waals surface area contributed by atoms with Gasteiger partial charge in [0.2, 0.25) is 0 Å². The number of pyridine rings is 1. The van der Waals surface area contributed by atoms with E-state index >= 15 is 0 Å². The zero-order valence-electron chi connectivity index (χ0n) is 12.7. The minimum atomic E-state index is 0.220. The summed E-state index contributed by atoms with van der Waals surface area (Å²) in [6.07, 6.45) is 6.26. The molecular formula is C16H27N3O.